The normalized spacial score (nSPS) is 21.3. The molecule has 1 aromatic rings. The number of benzene rings is 1. The molecule has 116 valence electrons. The molecule has 21 heavy (non-hydrogen) atoms. The molecular weight excluding hydrogens is 264 g/mol. The van der Waals surface area contributed by atoms with Gasteiger partial charge in [0.25, 0.3) is 0 Å². The average molecular weight is 290 g/mol. The summed E-state index contributed by atoms with van der Waals surface area (Å²) in [4.78, 5) is 14.4. The summed E-state index contributed by atoms with van der Waals surface area (Å²) >= 11 is 0. The van der Waals surface area contributed by atoms with Crippen LogP contribution in [0.3, 0.4) is 0 Å². The van der Waals surface area contributed by atoms with E-state index in [1.54, 1.807) is 7.11 Å². The maximum absolute atomic E-state index is 12.6. The molecule has 0 spiro atoms. The van der Waals surface area contributed by atoms with Crippen molar-refractivity contribution in [3.63, 3.8) is 0 Å². The minimum absolute atomic E-state index is 0.0933. The minimum atomic E-state index is 0.0933. The first-order valence-electron chi connectivity index (χ1n) is 7.65. The maximum Gasteiger partial charge on any atom is 0.226 e. The summed E-state index contributed by atoms with van der Waals surface area (Å²) in [5.74, 6) is 1.49. The van der Waals surface area contributed by atoms with E-state index in [-0.39, 0.29) is 11.8 Å². The lowest BCUT2D eigenvalue weighted by atomic mass is 9.94. The number of nitrogens with two attached hydrogens (primary N) is 1. The van der Waals surface area contributed by atoms with Crippen LogP contribution in [-0.4, -0.2) is 31.5 Å². The van der Waals surface area contributed by atoms with Gasteiger partial charge >= 0.3 is 0 Å². The number of aryl methyl sites for hydroxylation is 1. The molecule has 1 aliphatic carbocycles. The molecule has 0 radical (unpaired) electrons. The monoisotopic (exact) mass is 290 g/mol. The molecule has 0 bridgehead atoms. The number of hydrogen-bond acceptors (Lipinski definition) is 3. The fourth-order valence-corrected chi connectivity index (χ4v) is 3.29. The lowest BCUT2D eigenvalue weighted by molar-refractivity contribution is -0.135. The van der Waals surface area contributed by atoms with E-state index < -0.39 is 0 Å². The number of methoxy groups -OCH3 is 1. The van der Waals surface area contributed by atoms with Gasteiger partial charge in [-0.25, -0.2) is 0 Å². The molecule has 1 aromatic carbocycles. The SMILES string of the molecule is COc1ccc(C)cc1CN(C)C(=O)C1CCCC1CN. The number of nitrogens with zero attached hydrogens (tertiary/aromatic N) is 1. The van der Waals surface area contributed by atoms with Gasteiger partial charge in [0.1, 0.15) is 5.75 Å². The Morgan fingerprint density at radius 3 is 2.86 bits per heavy atom. The molecule has 4 nitrogen and oxygen atoms in total. The van der Waals surface area contributed by atoms with E-state index in [9.17, 15) is 4.79 Å². The Morgan fingerprint density at radius 2 is 2.19 bits per heavy atom. The van der Waals surface area contributed by atoms with Gasteiger partial charge < -0.3 is 15.4 Å². The third-order valence-corrected chi connectivity index (χ3v) is 4.50. The molecule has 2 atom stereocenters. The van der Waals surface area contributed by atoms with Gasteiger partial charge in [0, 0.05) is 25.1 Å². The smallest absolute Gasteiger partial charge is 0.226 e. The van der Waals surface area contributed by atoms with Gasteiger partial charge in [0.05, 0.1) is 7.11 Å². The molecule has 0 aliphatic heterocycles. The topological polar surface area (TPSA) is 55.6 Å². The highest BCUT2D eigenvalue weighted by molar-refractivity contribution is 5.79. The molecule has 2 unspecified atom stereocenters. The van der Waals surface area contributed by atoms with Crippen LogP contribution in [-0.2, 0) is 11.3 Å². The molecule has 1 amide bonds. The molecule has 1 aliphatic rings. The highest BCUT2D eigenvalue weighted by atomic mass is 16.5. The third kappa shape index (κ3) is 3.56. The fourth-order valence-electron chi connectivity index (χ4n) is 3.29. The summed E-state index contributed by atoms with van der Waals surface area (Å²) in [5.41, 5.74) is 8.01. The van der Waals surface area contributed by atoms with Gasteiger partial charge in [-0.15, -0.1) is 0 Å². The Bertz CT molecular complexity index is 502. The van der Waals surface area contributed by atoms with E-state index in [4.69, 9.17) is 10.5 Å². The Hall–Kier alpha value is -1.55. The van der Waals surface area contributed by atoms with E-state index in [0.717, 1.165) is 30.6 Å². The van der Waals surface area contributed by atoms with Gasteiger partial charge in [-0.1, -0.05) is 24.1 Å². The van der Waals surface area contributed by atoms with Crippen LogP contribution >= 0.6 is 0 Å². The summed E-state index contributed by atoms with van der Waals surface area (Å²) in [6, 6.07) is 6.06. The minimum Gasteiger partial charge on any atom is -0.496 e. The van der Waals surface area contributed by atoms with Crippen molar-refractivity contribution in [2.75, 3.05) is 20.7 Å². The van der Waals surface area contributed by atoms with E-state index >= 15 is 0 Å². The molecule has 4 heteroatoms. The van der Waals surface area contributed by atoms with Crippen molar-refractivity contribution in [3.8, 4) is 5.75 Å². The van der Waals surface area contributed by atoms with E-state index in [1.807, 2.05) is 31.0 Å². The first kappa shape index (κ1) is 15.8. The van der Waals surface area contributed by atoms with Crippen LogP contribution in [0.1, 0.15) is 30.4 Å². The van der Waals surface area contributed by atoms with E-state index in [1.165, 1.54) is 5.56 Å². The zero-order chi connectivity index (χ0) is 15.4. The molecule has 1 saturated carbocycles. The van der Waals surface area contributed by atoms with Crippen LogP contribution in [0.25, 0.3) is 0 Å². The molecule has 0 heterocycles. The van der Waals surface area contributed by atoms with Crippen molar-refractivity contribution in [2.45, 2.75) is 32.7 Å². The van der Waals surface area contributed by atoms with Crippen molar-refractivity contribution in [2.24, 2.45) is 17.6 Å². The van der Waals surface area contributed by atoms with Crippen molar-refractivity contribution in [1.82, 2.24) is 4.90 Å². The molecule has 1 fully saturated rings. The van der Waals surface area contributed by atoms with Gasteiger partial charge in [-0.3, -0.25) is 4.79 Å². The predicted molar refractivity (Wildman–Crippen MR) is 84.1 cm³/mol. The Morgan fingerprint density at radius 1 is 1.43 bits per heavy atom. The van der Waals surface area contributed by atoms with Gasteiger partial charge in [-0.2, -0.15) is 0 Å². The molecule has 2 N–H and O–H groups in total. The summed E-state index contributed by atoms with van der Waals surface area (Å²) in [5, 5.41) is 0. The zero-order valence-corrected chi connectivity index (χ0v) is 13.3. The first-order valence-corrected chi connectivity index (χ1v) is 7.65. The number of rotatable bonds is 5. The number of hydrogen-bond donors (Lipinski definition) is 1. The van der Waals surface area contributed by atoms with Crippen LogP contribution in [0.4, 0.5) is 0 Å². The third-order valence-electron chi connectivity index (χ3n) is 4.50. The molecule has 0 aromatic heterocycles. The summed E-state index contributed by atoms with van der Waals surface area (Å²) in [6.45, 7) is 3.24. The van der Waals surface area contributed by atoms with Crippen molar-refractivity contribution in [3.05, 3.63) is 29.3 Å². The van der Waals surface area contributed by atoms with Crippen LogP contribution in [0, 0.1) is 18.8 Å². The van der Waals surface area contributed by atoms with Crippen LogP contribution in [0.2, 0.25) is 0 Å². The standard InChI is InChI=1S/C17H26N2O2/c1-12-7-8-16(21-3)14(9-12)11-19(2)17(20)15-6-4-5-13(15)10-18/h7-9,13,15H,4-6,10-11,18H2,1-3H3. The van der Waals surface area contributed by atoms with Gasteiger partial charge in [-0.05, 0) is 38.3 Å². The lowest BCUT2D eigenvalue weighted by Gasteiger charge is -2.25. The fraction of sp³-hybridized carbons (Fsp3) is 0.588. The molecular formula is C17H26N2O2. The average Bonchev–Trinajstić information content (AvgIpc) is 2.95. The highest BCUT2D eigenvalue weighted by Gasteiger charge is 2.33. The Balaban J connectivity index is 2.09. The number of carbonyl (C=O) groups excluding carboxylic acids is 1. The Labute approximate surface area is 127 Å². The quantitative estimate of drug-likeness (QED) is 0.905. The second kappa shape index (κ2) is 6.94. The number of amides is 1. The number of ether oxygens (including phenoxy) is 1. The predicted octanol–water partition coefficient (Wildman–Crippen LogP) is 2.34. The maximum atomic E-state index is 12.6. The van der Waals surface area contributed by atoms with E-state index in [2.05, 4.69) is 6.07 Å². The lowest BCUT2D eigenvalue weighted by Crippen LogP contribution is -2.36. The second-order valence-electron chi connectivity index (χ2n) is 6.04. The zero-order valence-electron chi connectivity index (χ0n) is 13.3. The summed E-state index contributed by atoms with van der Waals surface area (Å²) < 4.78 is 5.39. The van der Waals surface area contributed by atoms with Crippen LogP contribution in [0.5, 0.6) is 5.75 Å². The Kier molecular flexibility index (Phi) is 5.23. The van der Waals surface area contributed by atoms with E-state index in [0.29, 0.717) is 19.0 Å². The second-order valence-corrected chi connectivity index (χ2v) is 6.04. The largest absolute Gasteiger partial charge is 0.496 e. The molecule has 2 rings (SSSR count). The van der Waals surface area contributed by atoms with Crippen molar-refractivity contribution < 1.29 is 9.53 Å². The first-order chi connectivity index (χ1) is 10.1. The van der Waals surface area contributed by atoms with Crippen LogP contribution in [0.15, 0.2) is 18.2 Å². The number of carbonyl (C=O) groups is 1. The van der Waals surface area contributed by atoms with Gasteiger partial charge in [0.2, 0.25) is 5.91 Å². The summed E-state index contributed by atoms with van der Waals surface area (Å²) in [7, 11) is 3.54. The van der Waals surface area contributed by atoms with Crippen LogP contribution < -0.4 is 10.5 Å². The molecule has 0 saturated heterocycles. The summed E-state index contributed by atoms with van der Waals surface area (Å²) in [6.07, 6.45) is 3.16. The van der Waals surface area contributed by atoms with Crippen molar-refractivity contribution in [1.29, 1.82) is 0 Å². The highest BCUT2D eigenvalue weighted by Crippen LogP contribution is 2.32. The van der Waals surface area contributed by atoms with Gasteiger partial charge in [0.15, 0.2) is 0 Å². The van der Waals surface area contributed by atoms with Crippen molar-refractivity contribution >= 4 is 5.91 Å².